The predicted molar refractivity (Wildman–Crippen MR) is 40.4 cm³/mol. The molecule has 0 heterocycles. The Hall–Kier alpha value is -0.0400. The van der Waals surface area contributed by atoms with Crippen LogP contribution in [0.25, 0.3) is 0 Å². The third-order valence-corrected chi connectivity index (χ3v) is 1.41. The molecule has 0 aliphatic heterocycles. The number of aliphatic hydroxyl groups is 1. The lowest BCUT2D eigenvalue weighted by Gasteiger charge is -2.04. The molecule has 0 saturated carbocycles. The van der Waals surface area contributed by atoms with E-state index in [-0.39, 0.29) is 6.40 Å². The van der Waals surface area contributed by atoms with E-state index in [0.717, 1.165) is 19.3 Å². The summed E-state index contributed by atoms with van der Waals surface area (Å²) in [5.74, 6) is 0. The normalized spacial score (nSPS) is 18.8. The summed E-state index contributed by atoms with van der Waals surface area (Å²) in [5, 5.41) is 9.17. The van der Waals surface area contributed by atoms with E-state index in [1.165, 1.54) is 0 Å². The van der Waals surface area contributed by atoms with E-state index in [4.69, 9.17) is 6.48 Å². The van der Waals surface area contributed by atoms with Gasteiger partial charge in [-0.3, -0.25) is 0 Å². The molecule has 0 unspecified atom stereocenters. The highest BCUT2D eigenvalue weighted by Crippen LogP contribution is 2.04. The number of hydrogen-bond acceptors (Lipinski definition) is 1. The van der Waals surface area contributed by atoms with Crippen molar-refractivity contribution < 1.29 is 6.48 Å². The molecule has 0 aliphatic carbocycles. The molecular formula is C8H18O. The lowest BCUT2D eigenvalue weighted by molar-refractivity contribution is 0.156. The minimum Gasteiger partial charge on any atom is -0.393 e. The van der Waals surface area contributed by atoms with Crippen molar-refractivity contribution >= 4 is 0 Å². The van der Waals surface area contributed by atoms with E-state index in [9.17, 15) is 0 Å². The first-order valence-corrected chi connectivity index (χ1v) is 3.82. The van der Waals surface area contributed by atoms with Crippen molar-refractivity contribution in [1.82, 2.24) is 0 Å². The second kappa shape index (κ2) is 6.09. The van der Waals surface area contributed by atoms with Crippen LogP contribution in [-0.2, 0) is 0 Å². The highest BCUT2D eigenvalue weighted by Gasteiger charge is 1.97. The van der Waals surface area contributed by atoms with Crippen LogP contribution in [0.4, 0.5) is 0 Å². The Balaban J connectivity index is 3.31. The first-order chi connectivity index (χ1) is 4.72. The maximum atomic E-state index is 9.17. The zero-order valence-corrected chi connectivity index (χ0v) is 6.43. The van der Waals surface area contributed by atoms with Crippen LogP contribution in [0.5, 0.6) is 0 Å². The van der Waals surface area contributed by atoms with Crippen molar-refractivity contribution in [3.05, 3.63) is 0 Å². The van der Waals surface area contributed by atoms with Gasteiger partial charge in [-0.25, -0.2) is 0 Å². The molecular weight excluding hydrogens is 112 g/mol. The molecule has 0 amide bonds. The van der Waals surface area contributed by atoms with Gasteiger partial charge in [0.1, 0.15) is 0 Å². The summed E-state index contributed by atoms with van der Waals surface area (Å²) < 4.78 is 7.43. The van der Waals surface area contributed by atoms with Crippen molar-refractivity contribution in [3.8, 4) is 0 Å². The van der Waals surface area contributed by atoms with Crippen LogP contribution in [-0.4, -0.2) is 11.2 Å². The van der Waals surface area contributed by atoms with Crippen molar-refractivity contribution in [3.63, 3.8) is 0 Å². The number of rotatable bonds is 5. The number of aliphatic hydroxyl groups excluding tert-OH is 1. The van der Waals surface area contributed by atoms with Crippen molar-refractivity contribution in [2.75, 3.05) is 0 Å². The predicted octanol–water partition coefficient (Wildman–Crippen LogP) is 2.34. The lowest BCUT2D eigenvalue weighted by Crippen LogP contribution is -2.02. The van der Waals surface area contributed by atoms with Gasteiger partial charge in [-0.15, -0.1) is 0 Å². The highest BCUT2D eigenvalue weighted by atomic mass is 16.3. The van der Waals surface area contributed by atoms with Gasteiger partial charge >= 0.3 is 0 Å². The molecule has 56 valence electrons. The van der Waals surface area contributed by atoms with Crippen LogP contribution in [0, 0.1) is 0 Å². The van der Waals surface area contributed by atoms with E-state index in [1.54, 1.807) is 0 Å². The van der Waals surface area contributed by atoms with Gasteiger partial charge in [-0.1, -0.05) is 33.1 Å². The summed E-state index contributed by atoms with van der Waals surface area (Å²) >= 11 is 0. The second-order valence-corrected chi connectivity index (χ2v) is 2.35. The number of hydrogen-bond donors (Lipinski definition) is 1. The van der Waals surface area contributed by atoms with Crippen LogP contribution in [0.2, 0.25) is 0 Å². The molecule has 0 aromatic carbocycles. The molecule has 0 rings (SSSR count). The summed E-state index contributed by atoms with van der Waals surface area (Å²) in [6, 6.07) is 0. The number of unbranched alkanes of at least 4 members (excludes halogenated alkanes) is 1. The average molecular weight is 131 g/mol. The summed E-state index contributed by atoms with van der Waals surface area (Å²) in [6.07, 6.45) is 3.05. The van der Waals surface area contributed by atoms with E-state index in [0.29, 0.717) is 6.42 Å². The molecule has 0 saturated heterocycles. The van der Waals surface area contributed by atoms with Gasteiger partial charge in [0.2, 0.25) is 0 Å². The zero-order valence-electron chi connectivity index (χ0n) is 7.43. The maximum absolute atomic E-state index is 9.17. The monoisotopic (exact) mass is 131 g/mol. The third kappa shape index (κ3) is 5.84. The molecule has 0 radical (unpaired) electrons. The van der Waals surface area contributed by atoms with Gasteiger partial charge in [0.05, 0.1) is 6.10 Å². The fraction of sp³-hybridized carbons (Fsp3) is 1.00. The smallest absolute Gasteiger partial charge is 0.0537 e. The van der Waals surface area contributed by atoms with Gasteiger partial charge in [0.25, 0.3) is 0 Å². The van der Waals surface area contributed by atoms with Gasteiger partial charge in [-0.05, 0) is 12.8 Å². The molecule has 0 aromatic rings. The van der Waals surface area contributed by atoms with Crippen LogP contribution in [0.3, 0.4) is 0 Å². The first-order valence-electron chi connectivity index (χ1n) is 4.40. The van der Waals surface area contributed by atoms with Crippen LogP contribution < -0.4 is 0 Å². The maximum Gasteiger partial charge on any atom is 0.0537 e. The van der Waals surface area contributed by atoms with Gasteiger partial charge in [0, 0.05) is 1.37 Å². The summed E-state index contributed by atoms with van der Waals surface area (Å²) in [5.41, 5.74) is 0. The molecule has 0 spiro atoms. The summed E-state index contributed by atoms with van der Waals surface area (Å²) in [4.78, 5) is 0. The molecule has 0 fully saturated rings. The summed E-state index contributed by atoms with van der Waals surface area (Å²) in [7, 11) is 0. The Kier molecular flexibility index (Phi) is 4.78. The minimum absolute atomic E-state index is 0.259. The highest BCUT2D eigenvalue weighted by molar-refractivity contribution is 4.51. The standard InChI is InChI=1S/C8H18O/c1-3-5-6-7-8(9)4-2/h8-9H,3-7H2,1-2H3/t8-/m0/s1/i7D/t7-,8-. The van der Waals surface area contributed by atoms with Gasteiger partial charge in [0.15, 0.2) is 0 Å². The van der Waals surface area contributed by atoms with E-state index in [2.05, 4.69) is 6.92 Å². The van der Waals surface area contributed by atoms with Gasteiger partial charge < -0.3 is 5.11 Å². The minimum atomic E-state index is -0.411. The first kappa shape index (κ1) is 7.07. The molecule has 9 heavy (non-hydrogen) atoms. The lowest BCUT2D eigenvalue weighted by atomic mass is 10.1. The second-order valence-electron chi connectivity index (χ2n) is 2.35. The van der Waals surface area contributed by atoms with E-state index in [1.807, 2.05) is 6.92 Å². The van der Waals surface area contributed by atoms with E-state index < -0.39 is 6.10 Å². The Bertz CT molecular complexity index is 75.7. The fourth-order valence-corrected chi connectivity index (χ4v) is 0.681. The van der Waals surface area contributed by atoms with Crippen molar-refractivity contribution in [2.24, 2.45) is 0 Å². The quantitative estimate of drug-likeness (QED) is 0.607. The van der Waals surface area contributed by atoms with Gasteiger partial charge in [-0.2, -0.15) is 0 Å². The van der Waals surface area contributed by atoms with Crippen molar-refractivity contribution in [1.29, 1.82) is 0 Å². The molecule has 1 nitrogen and oxygen atoms in total. The Morgan fingerprint density at radius 2 is 2.11 bits per heavy atom. The Labute approximate surface area is 59.5 Å². The molecule has 2 atom stereocenters. The summed E-state index contributed by atoms with van der Waals surface area (Å²) in [6.45, 7) is 4.02. The topological polar surface area (TPSA) is 20.2 Å². The SMILES string of the molecule is [2H][C@@H](CCCC)[C@@H](O)CC. The fourth-order valence-electron chi connectivity index (χ4n) is 0.681. The largest absolute Gasteiger partial charge is 0.393 e. The zero-order chi connectivity index (χ0) is 7.98. The van der Waals surface area contributed by atoms with Crippen LogP contribution in [0.15, 0.2) is 0 Å². The van der Waals surface area contributed by atoms with Crippen LogP contribution in [0.1, 0.15) is 47.3 Å². The van der Waals surface area contributed by atoms with E-state index >= 15 is 0 Å². The Morgan fingerprint density at radius 3 is 2.56 bits per heavy atom. The molecule has 1 N–H and O–H groups in total. The molecule has 1 heteroatoms. The van der Waals surface area contributed by atoms with Crippen molar-refractivity contribution in [2.45, 2.75) is 52.0 Å². The average Bonchev–Trinajstić information content (AvgIpc) is 1.98. The molecule has 0 bridgehead atoms. The third-order valence-electron chi connectivity index (χ3n) is 1.41. The molecule has 0 aromatic heterocycles. The Morgan fingerprint density at radius 1 is 1.44 bits per heavy atom. The molecule has 0 aliphatic rings. The van der Waals surface area contributed by atoms with Crippen LogP contribution >= 0.6 is 0 Å².